The van der Waals surface area contributed by atoms with Gasteiger partial charge in [0.1, 0.15) is 10.6 Å². The van der Waals surface area contributed by atoms with Gasteiger partial charge in [-0.05, 0) is 37.3 Å². The molecule has 0 saturated heterocycles. The predicted octanol–water partition coefficient (Wildman–Crippen LogP) is 4.40. The quantitative estimate of drug-likeness (QED) is 0.362. The molecule has 0 heterocycles. The van der Waals surface area contributed by atoms with Crippen molar-refractivity contribution in [3.05, 3.63) is 96.1 Å². The summed E-state index contributed by atoms with van der Waals surface area (Å²) in [6.45, 7) is 1.88. The first-order chi connectivity index (χ1) is 16.2. The summed E-state index contributed by atoms with van der Waals surface area (Å²) in [7, 11) is -6.52. The molecule has 0 atom stereocenters. The summed E-state index contributed by atoms with van der Waals surface area (Å²) in [4.78, 5) is 0.0236. The third-order valence-electron chi connectivity index (χ3n) is 5.29. The number of para-hydroxylation sites is 1. The van der Waals surface area contributed by atoms with Crippen molar-refractivity contribution in [2.75, 3.05) is 7.11 Å². The Bertz CT molecular complexity index is 1550. The van der Waals surface area contributed by atoms with Gasteiger partial charge in [0.25, 0.3) is 0 Å². The van der Waals surface area contributed by atoms with Crippen LogP contribution in [0.5, 0.6) is 11.5 Å². The molecule has 0 spiro atoms. The Labute approximate surface area is 199 Å². The van der Waals surface area contributed by atoms with E-state index < -0.39 is 20.1 Å². The first kappa shape index (κ1) is 23.7. The van der Waals surface area contributed by atoms with Gasteiger partial charge >= 0.3 is 10.1 Å². The van der Waals surface area contributed by atoms with Crippen LogP contribution >= 0.6 is 0 Å². The molecule has 176 valence electrons. The SMILES string of the molecule is COc1ccccc1CNS(=O)(=O)c1cccc2c(OS(=O)(=O)c3ccc(C)cc3)cccc12. The number of aryl methyl sites for hydroxylation is 1. The number of ether oxygens (including phenoxy) is 1. The minimum Gasteiger partial charge on any atom is -0.496 e. The Morgan fingerprint density at radius 2 is 1.38 bits per heavy atom. The second kappa shape index (κ2) is 9.46. The number of hydrogen-bond acceptors (Lipinski definition) is 6. The molecular formula is C25H23NO6S2. The molecule has 0 aliphatic carbocycles. The maximum Gasteiger partial charge on any atom is 0.339 e. The van der Waals surface area contributed by atoms with Gasteiger partial charge in [-0.15, -0.1) is 0 Å². The average molecular weight is 498 g/mol. The van der Waals surface area contributed by atoms with E-state index >= 15 is 0 Å². The van der Waals surface area contributed by atoms with E-state index in [9.17, 15) is 16.8 Å². The molecule has 34 heavy (non-hydrogen) atoms. The Kier molecular flexibility index (Phi) is 6.60. The third-order valence-corrected chi connectivity index (χ3v) is 7.99. The lowest BCUT2D eigenvalue weighted by molar-refractivity contribution is 0.409. The summed E-state index contributed by atoms with van der Waals surface area (Å²) >= 11 is 0. The third kappa shape index (κ3) is 4.91. The van der Waals surface area contributed by atoms with Gasteiger partial charge in [0.15, 0.2) is 5.75 Å². The van der Waals surface area contributed by atoms with Crippen molar-refractivity contribution < 1.29 is 25.8 Å². The molecular weight excluding hydrogens is 474 g/mol. The number of methoxy groups -OCH3 is 1. The molecule has 0 aliphatic rings. The molecule has 4 aromatic carbocycles. The van der Waals surface area contributed by atoms with E-state index in [0.29, 0.717) is 22.1 Å². The molecule has 0 saturated carbocycles. The van der Waals surface area contributed by atoms with Gasteiger partial charge in [0, 0.05) is 22.9 Å². The highest BCUT2D eigenvalue weighted by atomic mass is 32.2. The molecule has 4 aromatic rings. The van der Waals surface area contributed by atoms with Crippen LogP contribution in [0.3, 0.4) is 0 Å². The topological polar surface area (TPSA) is 98.8 Å². The highest BCUT2D eigenvalue weighted by Crippen LogP contribution is 2.32. The van der Waals surface area contributed by atoms with E-state index in [1.807, 2.05) is 6.92 Å². The number of rotatable bonds is 8. The number of fused-ring (bicyclic) bond motifs is 1. The Morgan fingerprint density at radius 3 is 2.12 bits per heavy atom. The molecule has 9 heteroatoms. The first-order valence-electron chi connectivity index (χ1n) is 10.4. The van der Waals surface area contributed by atoms with Gasteiger partial charge < -0.3 is 8.92 Å². The molecule has 0 aliphatic heterocycles. The van der Waals surface area contributed by atoms with Crippen molar-refractivity contribution in [2.24, 2.45) is 0 Å². The standard InChI is InChI=1S/C25H23NO6S2/c1-18-13-15-20(16-14-18)34(29,30)32-24-11-5-9-22-21(24)8-6-12-25(22)33(27,28)26-17-19-7-3-4-10-23(19)31-2/h3-16,26H,17H2,1-2H3. The molecule has 0 aromatic heterocycles. The van der Waals surface area contributed by atoms with E-state index in [1.54, 1.807) is 60.7 Å². The number of hydrogen-bond donors (Lipinski definition) is 1. The van der Waals surface area contributed by atoms with Crippen LogP contribution in [0.1, 0.15) is 11.1 Å². The number of nitrogens with one attached hydrogen (secondary N) is 1. The summed E-state index contributed by atoms with van der Waals surface area (Å²) in [5.74, 6) is 0.611. The fourth-order valence-electron chi connectivity index (χ4n) is 3.53. The fourth-order valence-corrected chi connectivity index (χ4v) is 5.70. The zero-order valence-corrected chi connectivity index (χ0v) is 20.2. The van der Waals surface area contributed by atoms with E-state index in [0.717, 1.165) is 5.56 Å². The lowest BCUT2D eigenvalue weighted by atomic mass is 10.1. The minimum absolute atomic E-state index is 0.0114. The van der Waals surface area contributed by atoms with Crippen molar-refractivity contribution in [1.29, 1.82) is 0 Å². The van der Waals surface area contributed by atoms with Crippen molar-refractivity contribution in [3.63, 3.8) is 0 Å². The van der Waals surface area contributed by atoms with E-state index in [2.05, 4.69) is 4.72 Å². The van der Waals surface area contributed by atoms with Gasteiger partial charge in [-0.1, -0.05) is 60.2 Å². The Hall–Kier alpha value is -3.40. The van der Waals surface area contributed by atoms with Crippen molar-refractivity contribution >= 4 is 30.9 Å². The summed E-state index contributed by atoms with van der Waals surface area (Å²) in [5, 5.41) is 0.699. The maximum absolute atomic E-state index is 13.2. The summed E-state index contributed by atoms with van der Waals surface area (Å²) < 4.78 is 65.2. The number of sulfonamides is 1. The van der Waals surface area contributed by atoms with Crippen LogP contribution in [0, 0.1) is 6.92 Å². The second-order valence-corrected chi connectivity index (χ2v) is 10.9. The fraction of sp³-hybridized carbons (Fsp3) is 0.120. The average Bonchev–Trinajstić information content (AvgIpc) is 2.83. The summed E-state index contributed by atoms with van der Waals surface area (Å²) in [6, 6.07) is 22.7. The van der Waals surface area contributed by atoms with Crippen LogP contribution in [0.15, 0.2) is 94.7 Å². The van der Waals surface area contributed by atoms with Gasteiger partial charge in [0.05, 0.1) is 12.0 Å². The monoisotopic (exact) mass is 497 g/mol. The second-order valence-electron chi connectivity index (χ2n) is 7.59. The lowest BCUT2D eigenvalue weighted by Gasteiger charge is -2.14. The zero-order chi connectivity index (χ0) is 24.3. The van der Waals surface area contributed by atoms with Crippen molar-refractivity contribution in [3.8, 4) is 11.5 Å². The lowest BCUT2D eigenvalue weighted by Crippen LogP contribution is -2.23. The molecule has 0 amide bonds. The smallest absolute Gasteiger partial charge is 0.339 e. The van der Waals surface area contributed by atoms with Crippen LogP contribution in [0.4, 0.5) is 0 Å². The van der Waals surface area contributed by atoms with Crippen LogP contribution in [-0.2, 0) is 26.7 Å². The van der Waals surface area contributed by atoms with E-state index in [1.165, 1.54) is 31.4 Å². The Morgan fingerprint density at radius 1 is 0.735 bits per heavy atom. The van der Waals surface area contributed by atoms with Crippen LogP contribution in [-0.4, -0.2) is 23.9 Å². The highest BCUT2D eigenvalue weighted by molar-refractivity contribution is 7.89. The molecule has 1 N–H and O–H groups in total. The van der Waals surface area contributed by atoms with Crippen molar-refractivity contribution in [2.45, 2.75) is 23.3 Å². The van der Waals surface area contributed by atoms with E-state index in [4.69, 9.17) is 8.92 Å². The number of benzene rings is 4. The molecule has 0 radical (unpaired) electrons. The Balaban J connectivity index is 1.68. The van der Waals surface area contributed by atoms with Crippen LogP contribution in [0.25, 0.3) is 10.8 Å². The largest absolute Gasteiger partial charge is 0.496 e. The van der Waals surface area contributed by atoms with Crippen LogP contribution in [0.2, 0.25) is 0 Å². The van der Waals surface area contributed by atoms with Gasteiger partial charge in [-0.2, -0.15) is 8.42 Å². The first-order valence-corrected chi connectivity index (χ1v) is 13.2. The molecule has 7 nitrogen and oxygen atoms in total. The highest BCUT2D eigenvalue weighted by Gasteiger charge is 2.22. The van der Waals surface area contributed by atoms with Gasteiger partial charge in [0.2, 0.25) is 10.0 Å². The van der Waals surface area contributed by atoms with Crippen molar-refractivity contribution in [1.82, 2.24) is 4.72 Å². The molecule has 4 rings (SSSR count). The van der Waals surface area contributed by atoms with Gasteiger partial charge in [-0.25, -0.2) is 13.1 Å². The van der Waals surface area contributed by atoms with Gasteiger partial charge in [-0.3, -0.25) is 0 Å². The normalized spacial score (nSPS) is 11.9. The summed E-state index contributed by atoms with van der Waals surface area (Å²) in [5.41, 5.74) is 1.60. The van der Waals surface area contributed by atoms with E-state index in [-0.39, 0.29) is 22.1 Å². The molecule has 0 unspecified atom stereocenters. The minimum atomic E-state index is -4.10. The molecule has 0 fully saturated rings. The van der Waals surface area contributed by atoms with Crippen LogP contribution < -0.4 is 13.6 Å². The zero-order valence-electron chi connectivity index (χ0n) is 18.6. The predicted molar refractivity (Wildman–Crippen MR) is 130 cm³/mol. The molecule has 0 bridgehead atoms. The summed E-state index contributed by atoms with van der Waals surface area (Å²) in [6.07, 6.45) is 0. The maximum atomic E-state index is 13.2.